The van der Waals surface area contributed by atoms with Gasteiger partial charge < -0.3 is 5.73 Å². The van der Waals surface area contributed by atoms with Gasteiger partial charge in [-0.1, -0.05) is 48.0 Å². The smallest absolute Gasteiger partial charge is 0.127 e. The van der Waals surface area contributed by atoms with E-state index in [9.17, 15) is 4.39 Å². The SMILES string of the molecule is NC(Cc1c(F)cccc1Cl)c1ccccc1. The van der Waals surface area contributed by atoms with Gasteiger partial charge in [-0.05, 0) is 24.1 Å². The number of rotatable bonds is 3. The molecule has 2 aromatic rings. The standard InChI is InChI=1S/C14H13ClFN/c15-12-7-4-8-13(16)11(12)9-14(17)10-5-2-1-3-6-10/h1-8,14H,9,17H2. The predicted octanol–water partition coefficient (Wildman–Crippen LogP) is 3.72. The van der Waals surface area contributed by atoms with Gasteiger partial charge in [0.15, 0.2) is 0 Å². The number of benzene rings is 2. The molecule has 2 N–H and O–H groups in total. The van der Waals surface area contributed by atoms with Crippen LogP contribution in [-0.4, -0.2) is 0 Å². The van der Waals surface area contributed by atoms with E-state index in [0.29, 0.717) is 17.0 Å². The van der Waals surface area contributed by atoms with Gasteiger partial charge in [-0.25, -0.2) is 4.39 Å². The summed E-state index contributed by atoms with van der Waals surface area (Å²) < 4.78 is 13.6. The number of hydrogen-bond acceptors (Lipinski definition) is 1. The Kier molecular flexibility index (Phi) is 3.77. The van der Waals surface area contributed by atoms with Gasteiger partial charge >= 0.3 is 0 Å². The molecule has 88 valence electrons. The molecule has 2 rings (SSSR count). The van der Waals surface area contributed by atoms with Crippen molar-refractivity contribution in [2.45, 2.75) is 12.5 Å². The molecule has 0 saturated carbocycles. The second-order valence-electron chi connectivity index (χ2n) is 3.92. The number of hydrogen-bond donors (Lipinski definition) is 1. The summed E-state index contributed by atoms with van der Waals surface area (Å²) in [5.74, 6) is -0.302. The van der Waals surface area contributed by atoms with Gasteiger partial charge in [0.1, 0.15) is 5.82 Å². The Morgan fingerprint density at radius 2 is 1.76 bits per heavy atom. The quantitative estimate of drug-likeness (QED) is 0.882. The molecule has 0 spiro atoms. The third-order valence-electron chi connectivity index (χ3n) is 2.71. The molecule has 0 radical (unpaired) electrons. The average molecular weight is 250 g/mol. The van der Waals surface area contributed by atoms with E-state index >= 15 is 0 Å². The molecule has 0 aliphatic rings. The van der Waals surface area contributed by atoms with Crippen molar-refractivity contribution in [1.82, 2.24) is 0 Å². The van der Waals surface area contributed by atoms with Crippen LogP contribution in [-0.2, 0) is 6.42 Å². The third-order valence-corrected chi connectivity index (χ3v) is 3.07. The summed E-state index contributed by atoms with van der Waals surface area (Å²) in [6.45, 7) is 0. The zero-order chi connectivity index (χ0) is 12.3. The minimum absolute atomic E-state index is 0.245. The van der Waals surface area contributed by atoms with Crippen LogP contribution in [0.2, 0.25) is 5.02 Å². The molecule has 0 aliphatic heterocycles. The Hall–Kier alpha value is -1.38. The summed E-state index contributed by atoms with van der Waals surface area (Å²) in [6.07, 6.45) is 0.398. The van der Waals surface area contributed by atoms with Crippen molar-refractivity contribution in [1.29, 1.82) is 0 Å². The molecule has 1 unspecified atom stereocenters. The van der Waals surface area contributed by atoms with E-state index in [2.05, 4.69) is 0 Å². The monoisotopic (exact) mass is 249 g/mol. The molecular formula is C14H13ClFN. The third kappa shape index (κ3) is 2.84. The van der Waals surface area contributed by atoms with Crippen LogP contribution in [0, 0.1) is 5.82 Å². The Morgan fingerprint density at radius 3 is 2.41 bits per heavy atom. The van der Waals surface area contributed by atoms with E-state index in [4.69, 9.17) is 17.3 Å². The van der Waals surface area contributed by atoms with Crippen LogP contribution in [0.25, 0.3) is 0 Å². The fraction of sp³-hybridized carbons (Fsp3) is 0.143. The van der Waals surface area contributed by atoms with Crippen LogP contribution in [0.5, 0.6) is 0 Å². The predicted molar refractivity (Wildman–Crippen MR) is 68.5 cm³/mol. The van der Waals surface area contributed by atoms with Gasteiger partial charge in [-0.3, -0.25) is 0 Å². The van der Waals surface area contributed by atoms with Crippen LogP contribution in [0.15, 0.2) is 48.5 Å². The van der Waals surface area contributed by atoms with Crippen molar-refractivity contribution in [3.05, 3.63) is 70.5 Å². The second kappa shape index (κ2) is 5.30. The van der Waals surface area contributed by atoms with Gasteiger partial charge in [-0.2, -0.15) is 0 Å². The molecule has 1 nitrogen and oxygen atoms in total. The Labute approximate surface area is 105 Å². The van der Waals surface area contributed by atoms with E-state index in [1.807, 2.05) is 30.3 Å². The van der Waals surface area contributed by atoms with Crippen LogP contribution >= 0.6 is 11.6 Å². The summed E-state index contributed by atoms with van der Waals surface area (Å²) in [5.41, 5.74) is 7.50. The van der Waals surface area contributed by atoms with E-state index in [0.717, 1.165) is 5.56 Å². The highest BCUT2D eigenvalue weighted by Gasteiger charge is 2.12. The molecule has 0 fully saturated rings. The maximum atomic E-state index is 13.6. The topological polar surface area (TPSA) is 26.0 Å². The highest BCUT2D eigenvalue weighted by atomic mass is 35.5. The van der Waals surface area contributed by atoms with Crippen LogP contribution < -0.4 is 5.73 Å². The van der Waals surface area contributed by atoms with E-state index in [1.165, 1.54) is 6.07 Å². The highest BCUT2D eigenvalue weighted by Crippen LogP contribution is 2.24. The fourth-order valence-electron chi connectivity index (χ4n) is 1.77. The van der Waals surface area contributed by atoms with E-state index in [1.54, 1.807) is 12.1 Å². The summed E-state index contributed by atoms with van der Waals surface area (Å²) >= 11 is 5.97. The zero-order valence-corrected chi connectivity index (χ0v) is 9.99. The van der Waals surface area contributed by atoms with Gasteiger partial charge in [0.05, 0.1) is 0 Å². The second-order valence-corrected chi connectivity index (χ2v) is 4.33. The zero-order valence-electron chi connectivity index (χ0n) is 9.24. The first-order chi connectivity index (χ1) is 8.18. The molecule has 1 atom stereocenters. The van der Waals surface area contributed by atoms with Crippen molar-refractivity contribution in [3.63, 3.8) is 0 Å². The summed E-state index contributed by atoms with van der Waals surface area (Å²) in [6, 6.07) is 14.0. The average Bonchev–Trinajstić information content (AvgIpc) is 2.35. The van der Waals surface area contributed by atoms with Gasteiger partial charge in [-0.15, -0.1) is 0 Å². The van der Waals surface area contributed by atoms with Crippen molar-refractivity contribution >= 4 is 11.6 Å². The Bertz CT molecular complexity index is 479. The first-order valence-electron chi connectivity index (χ1n) is 5.42. The largest absolute Gasteiger partial charge is 0.324 e. The van der Waals surface area contributed by atoms with E-state index < -0.39 is 0 Å². The molecule has 0 aliphatic carbocycles. The van der Waals surface area contributed by atoms with Crippen molar-refractivity contribution in [2.24, 2.45) is 5.73 Å². The minimum Gasteiger partial charge on any atom is -0.324 e. The molecule has 17 heavy (non-hydrogen) atoms. The normalized spacial score (nSPS) is 12.4. The lowest BCUT2D eigenvalue weighted by Crippen LogP contribution is -2.14. The lowest BCUT2D eigenvalue weighted by molar-refractivity contribution is 0.593. The highest BCUT2D eigenvalue weighted by molar-refractivity contribution is 6.31. The minimum atomic E-state index is -0.302. The molecule has 0 bridgehead atoms. The molecule has 0 amide bonds. The molecule has 2 aromatic carbocycles. The number of halogens is 2. The summed E-state index contributed by atoms with van der Waals surface area (Å²) in [5, 5.41) is 0.427. The van der Waals surface area contributed by atoms with Gasteiger partial charge in [0.2, 0.25) is 0 Å². The molecule has 0 saturated heterocycles. The van der Waals surface area contributed by atoms with Crippen LogP contribution in [0.4, 0.5) is 4.39 Å². The first kappa shape index (κ1) is 12.1. The van der Waals surface area contributed by atoms with E-state index in [-0.39, 0.29) is 11.9 Å². The summed E-state index contributed by atoms with van der Waals surface area (Å²) in [4.78, 5) is 0. The Morgan fingerprint density at radius 1 is 1.06 bits per heavy atom. The maximum Gasteiger partial charge on any atom is 0.127 e. The van der Waals surface area contributed by atoms with Crippen LogP contribution in [0.3, 0.4) is 0 Å². The first-order valence-corrected chi connectivity index (χ1v) is 5.79. The molecule has 0 aromatic heterocycles. The van der Waals surface area contributed by atoms with Crippen molar-refractivity contribution in [2.75, 3.05) is 0 Å². The lowest BCUT2D eigenvalue weighted by atomic mass is 9.99. The number of nitrogens with two attached hydrogens (primary N) is 1. The summed E-state index contributed by atoms with van der Waals surface area (Å²) in [7, 11) is 0. The molecule has 3 heteroatoms. The van der Waals surface area contributed by atoms with Crippen LogP contribution in [0.1, 0.15) is 17.2 Å². The van der Waals surface area contributed by atoms with Gasteiger partial charge in [0, 0.05) is 16.6 Å². The molecule has 0 heterocycles. The van der Waals surface area contributed by atoms with Gasteiger partial charge in [0.25, 0.3) is 0 Å². The maximum absolute atomic E-state index is 13.6. The fourth-order valence-corrected chi connectivity index (χ4v) is 2.01. The van der Waals surface area contributed by atoms with Crippen molar-refractivity contribution in [3.8, 4) is 0 Å². The Balaban J connectivity index is 2.22. The van der Waals surface area contributed by atoms with Crippen molar-refractivity contribution < 1.29 is 4.39 Å². The molecular weight excluding hydrogens is 237 g/mol. The lowest BCUT2D eigenvalue weighted by Gasteiger charge is -2.13.